The summed E-state index contributed by atoms with van der Waals surface area (Å²) < 4.78 is 48.9. The van der Waals surface area contributed by atoms with Crippen LogP contribution in [0.3, 0.4) is 0 Å². The zero-order chi connectivity index (χ0) is 15.6. The normalized spacial score (nSPS) is 20.9. The zero-order valence-electron chi connectivity index (χ0n) is 11.4. The number of hydrogen-bond acceptors (Lipinski definition) is 3. The van der Waals surface area contributed by atoms with Crippen LogP contribution in [-0.2, 0) is 9.84 Å². The molecule has 5 nitrogen and oxygen atoms in total. The van der Waals surface area contributed by atoms with Crippen LogP contribution in [0.1, 0.15) is 17.9 Å². The number of sulfone groups is 1. The van der Waals surface area contributed by atoms with Crippen molar-refractivity contribution >= 4 is 15.9 Å². The van der Waals surface area contributed by atoms with Crippen LogP contribution in [0.5, 0.6) is 0 Å². The SMILES string of the molecule is CS(=O)(=O)CCNC(=O)N[C@@H]1C[C@H]1c1c(F)cccc1F. The van der Waals surface area contributed by atoms with Gasteiger partial charge in [0.2, 0.25) is 0 Å². The first-order chi connectivity index (χ1) is 9.78. The maximum Gasteiger partial charge on any atom is 0.315 e. The summed E-state index contributed by atoms with van der Waals surface area (Å²) >= 11 is 0. The summed E-state index contributed by atoms with van der Waals surface area (Å²) in [5.74, 6) is -1.79. The van der Waals surface area contributed by atoms with Gasteiger partial charge in [0.15, 0.2) is 0 Å². The third-order valence-corrected chi connectivity index (χ3v) is 4.18. The molecule has 0 bridgehead atoms. The van der Waals surface area contributed by atoms with E-state index in [0.717, 1.165) is 6.26 Å². The highest BCUT2D eigenvalue weighted by Crippen LogP contribution is 2.42. The zero-order valence-corrected chi connectivity index (χ0v) is 12.2. The molecule has 1 aromatic carbocycles. The first-order valence-corrected chi connectivity index (χ1v) is 8.50. The van der Waals surface area contributed by atoms with Crippen molar-refractivity contribution in [2.75, 3.05) is 18.6 Å². The molecule has 0 radical (unpaired) electrons. The van der Waals surface area contributed by atoms with Crippen molar-refractivity contribution in [2.45, 2.75) is 18.4 Å². The molecule has 0 unspecified atom stereocenters. The van der Waals surface area contributed by atoms with Gasteiger partial charge in [0.1, 0.15) is 21.5 Å². The van der Waals surface area contributed by atoms with E-state index in [1.165, 1.54) is 18.2 Å². The van der Waals surface area contributed by atoms with Gasteiger partial charge in [-0.25, -0.2) is 22.0 Å². The average Bonchev–Trinajstić information content (AvgIpc) is 3.06. The van der Waals surface area contributed by atoms with Crippen molar-refractivity contribution in [3.63, 3.8) is 0 Å². The topological polar surface area (TPSA) is 75.3 Å². The van der Waals surface area contributed by atoms with Crippen molar-refractivity contribution in [2.24, 2.45) is 0 Å². The molecule has 2 N–H and O–H groups in total. The highest BCUT2D eigenvalue weighted by molar-refractivity contribution is 7.90. The molecule has 116 valence electrons. The Hall–Kier alpha value is -1.70. The summed E-state index contributed by atoms with van der Waals surface area (Å²) in [5, 5.41) is 4.96. The van der Waals surface area contributed by atoms with Crippen LogP contribution >= 0.6 is 0 Å². The number of nitrogens with one attached hydrogen (secondary N) is 2. The number of benzene rings is 1. The van der Waals surface area contributed by atoms with E-state index in [-0.39, 0.29) is 29.8 Å². The Balaban J connectivity index is 1.83. The van der Waals surface area contributed by atoms with Gasteiger partial charge < -0.3 is 10.6 Å². The molecule has 21 heavy (non-hydrogen) atoms. The molecule has 0 aliphatic heterocycles. The molecule has 0 spiro atoms. The molecular weight excluding hydrogens is 302 g/mol. The molecular formula is C13H16F2N2O3S. The van der Waals surface area contributed by atoms with E-state index in [2.05, 4.69) is 10.6 Å². The van der Waals surface area contributed by atoms with Crippen LogP contribution in [0.4, 0.5) is 13.6 Å². The van der Waals surface area contributed by atoms with E-state index in [1.807, 2.05) is 0 Å². The van der Waals surface area contributed by atoms with Gasteiger partial charge in [-0.05, 0) is 18.6 Å². The lowest BCUT2D eigenvalue weighted by molar-refractivity contribution is 0.241. The average molecular weight is 318 g/mol. The summed E-state index contributed by atoms with van der Waals surface area (Å²) in [5.41, 5.74) is -0.0149. The van der Waals surface area contributed by atoms with E-state index in [9.17, 15) is 22.0 Å². The fourth-order valence-electron chi connectivity index (χ4n) is 2.11. The van der Waals surface area contributed by atoms with E-state index in [4.69, 9.17) is 0 Å². The number of carbonyl (C=O) groups excluding carboxylic acids is 1. The van der Waals surface area contributed by atoms with Crippen LogP contribution in [0.15, 0.2) is 18.2 Å². The minimum atomic E-state index is -3.14. The Kier molecular flexibility index (Phi) is 4.46. The Morgan fingerprint density at radius 3 is 2.52 bits per heavy atom. The molecule has 2 rings (SSSR count). The second-order valence-corrected chi connectivity index (χ2v) is 7.37. The molecule has 1 aliphatic rings. The van der Waals surface area contributed by atoms with E-state index in [1.54, 1.807) is 0 Å². The Labute approximate surface area is 121 Å². The number of urea groups is 1. The minimum Gasteiger partial charge on any atom is -0.337 e. The predicted octanol–water partition coefficient (Wildman–Crippen LogP) is 1.16. The monoisotopic (exact) mass is 318 g/mol. The van der Waals surface area contributed by atoms with Crippen molar-refractivity contribution in [3.8, 4) is 0 Å². The summed E-state index contributed by atoms with van der Waals surface area (Å²) in [7, 11) is -3.14. The van der Waals surface area contributed by atoms with Crippen LogP contribution in [0.25, 0.3) is 0 Å². The van der Waals surface area contributed by atoms with Crippen molar-refractivity contribution < 1.29 is 22.0 Å². The number of hydrogen-bond donors (Lipinski definition) is 2. The third kappa shape index (κ3) is 4.38. The predicted molar refractivity (Wildman–Crippen MR) is 73.7 cm³/mol. The van der Waals surface area contributed by atoms with E-state index in [0.29, 0.717) is 6.42 Å². The molecule has 1 fully saturated rings. The minimum absolute atomic E-state index is 0.00386. The van der Waals surface area contributed by atoms with Gasteiger partial charge in [0.25, 0.3) is 0 Å². The lowest BCUT2D eigenvalue weighted by atomic mass is 10.1. The summed E-state index contributed by atoms with van der Waals surface area (Å²) in [6.45, 7) is -0.00386. The second-order valence-electron chi connectivity index (χ2n) is 5.11. The first kappa shape index (κ1) is 15.7. The van der Waals surface area contributed by atoms with Gasteiger partial charge in [-0.3, -0.25) is 0 Å². The van der Waals surface area contributed by atoms with Crippen molar-refractivity contribution in [1.29, 1.82) is 0 Å². The first-order valence-electron chi connectivity index (χ1n) is 6.44. The third-order valence-electron chi connectivity index (χ3n) is 3.24. The number of carbonyl (C=O) groups is 1. The lowest BCUT2D eigenvalue weighted by Crippen LogP contribution is -2.39. The maximum absolute atomic E-state index is 13.6. The standard InChI is InChI=1S/C13H16F2N2O3S/c1-21(19,20)6-5-16-13(18)17-11-7-8(11)12-9(14)3-2-4-10(12)15/h2-4,8,11H,5-7H2,1H3,(H2,16,17,18)/t8-,11-/m1/s1. The fourth-order valence-corrected chi connectivity index (χ4v) is 2.58. The van der Waals surface area contributed by atoms with Crippen LogP contribution in [0, 0.1) is 11.6 Å². The van der Waals surface area contributed by atoms with Gasteiger partial charge in [-0.2, -0.15) is 0 Å². The Morgan fingerprint density at radius 2 is 1.95 bits per heavy atom. The molecule has 2 atom stereocenters. The number of rotatable bonds is 5. The number of amides is 2. The summed E-state index contributed by atoms with van der Waals surface area (Å²) in [6.07, 6.45) is 1.53. The smallest absolute Gasteiger partial charge is 0.315 e. The van der Waals surface area contributed by atoms with Crippen LogP contribution in [0.2, 0.25) is 0 Å². The summed E-state index contributed by atoms with van der Waals surface area (Å²) in [6, 6.07) is 2.77. The van der Waals surface area contributed by atoms with E-state index < -0.39 is 27.5 Å². The molecule has 1 aliphatic carbocycles. The maximum atomic E-state index is 13.6. The van der Waals surface area contributed by atoms with Gasteiger partial charge in [-0.1, -0.05) is 6.07 Å². The van der Waals surface area contributed by atoms with Crippen LogP contribution < -0.4 is 10.6 Å². The van der Waals surface area contributed by atoms with Crippen molar-refractivity contribution in [3.05, 3.63) is 35.4 Å². The van der Waals surface area contributed by atoms with Gasteiger partial charge in [0, 0.05) is 30.3 Å². The quantitative estimate of drug-likeness (QED) is 0.855. The lowest BCUT2D eigenvalue weighted by Gasteiger charge is -2.08. The Morgan fingerprint density at radius 1 is 1.33 bits per heavy atom. The highest BCUT2D eigenvalue weighted by Gasteiger charge is 2.42. The molecule has 0 saturated heterocycles. The molecule has 0 aromatic heterocycles. The molecule has 1 aromatic rings. The highest BCUT2D eigenvalue weighted by atomic mass is 32.2. The second kappa shape index (κ2) is 5.97. The molecule has 0 heterocycles. The molecule has 2 amide bonds. The Bertz CT molecular complexity index is 629. The molecule has 1 saturated carbocycles. The van der Waals surface area contributed by atoms with E-state index >= 15 is 0 Å². The van der Waals surface area contributed by atoms with Gasteiger partial charge >= 0.3 is 6.03 Å². The fraction of sp³-hybridized carbons (Fsp3) is 0.462. The molecule has 8 heteroatoms. The summed E-state index contributed by atoms with van der Waals surface area (Å²) in [4.78, 5) is 11.5. The van der Waals surface area contributed by atoms with Gasteiger partial charge in [-0.15, -0.1) is 0 Å². The largest absolute Gasteiger partial charge is 0.337 e. The van der Waals surface area contributed by atoms with Crippen LogP contribution in [-0.4, -0.2) is 39.0 Å². The van der Waals surface area contributed by atoms with Crippen molar-refractivity contribution in [1.82, 2.24) is 10.6 Å². The van der Waals surface area contributed by atoms with Gasteiger partial charge in [0.05, 0.1) is 5.75 Å². The number of halogens is 2.